The molecule has 9 heteroatoms. The molecular weight excluding hydrogens is 476 g/mol. The van der Waals surface area contributed by atoms with Gasteiger partial charge in [-0.3, -0.25) is 0 Å². The van der Waals surface area contributed by atoms with Crippen molar-refractivity contribution in [3.05, 3.63) is 34.3 Å². The Kier molecular flexibility index (Phi) is 6.68. The van der Waals surface area contributed by atoms with Crippen LogP contribution in [0.1, 0.15) is 52.0 Å². The number of amides is 1. The quantitative estimate of drug-likeness (QED) is 0.606. The van der Waals surface area contributed by atoms with E-state index < -0.39 is 47.6 Å². The van der Waals surface area contributed by atoms with Crippen LogP contribution in [0.5, 0.6) is 0 Å². The number of alkyl halides is 2. The number of nitrogens with zero attached hydrogens (tertiary/aromatic N) is 1. The topological polar surface area (TPSA) is 76.1 Å². The van der Waals surface area contributed by atoms with Crippen LogP contribution in [-0.4, -0.2) is 52.8 Å². The second-order valence-electron chi connectivity index (χ2n) is 9.31. The molecule has 1 saturated carbocycles. The van der Waals surface area contributed by atoms with Gasteiger partial charge in [0, 0.05) is 36.2 Å². The molecule has 3 rings (SSSR count). The van der Waals surface area contributed by atoms with Gasteiger partial charge in [0.15, 0.2) is 5.60 Å². The molecule has 0 radical (unpaired) electrons. The highest BCUT2D eigenvalue weighted by atomic mass is 79.9. The molecule has 1 amide bonds. The van der Waals surface area contributed by atoms with E-state index in [1.807, 2.05) is 0 Å². The van der Waals surface area contributed by atoms with E-state index >= 15 is 0 Å². The lowest BCUT2D eigenvalue weighted by atomic mass is 9.80. The van der Waals surface area contributed by atoms with Crippen molar-refractivity contribution < 1.29 is 33.0 Å². The summed E-state index contributed by atoms with van der Waals surface area (Å²) in [6.45, 7) is 5.74. The highest BCUT2D eigenvalue weighted by Crippen LogP contribution is 2.48. The lowest BCUT2D eigenvalue weighted by molar-refractivity contribution is -0.179. The number of esters is 1. The SMILES string of the molecule is CC(C)(C)OC(=O)N1CC[C@@H](OC(=O)[C@](O)(c2ccc(Br)cc2)[C@@H]2CCC(F)(F)C2)C1. The molecule has 1 saturated heterocycles. The third kappa shape index (κ3) is 5.55. The van der Waals surface area contributed by atoms with Crippen molar-refractivity contribution in [1.82, 2.24) is 4.90 Å². The van der Waals surface area contributed by atoms with Crippen LogP contribution in [0.25, 0.3) is 0 Å². The number of carbonyl (C=O) groups is 2. The first-order chi connectivity index (χ1) is 14.3. The van der Waals surface area contributed by atoms with Crippen LogP contribution in [0.15, 0.2) is 28.7 Å². The van der Waals surface area contributed by atoms with Gasteiger partial charge in [-0.25, -0.2) is 18.4 Å². The number of aliphatic hydroxyl groups is 1. The van der Waals surface area contributed by atoms with Crippen LogP contribution in [0.4, 0.5) is 13.6 Å². The fraction of sp³-hybridized carbons (Fsp3) is 0.636. The van der Waals surface area contributed by atoms with Gasteiger partial charge in [0.05, 0.1) is 6.54 Å². The van der Waals surface area contributed by atoms with E-state index in [4.69, 9.17) is 9.47 Å². The maximum Gasteiger partial charge on any atom is 0.410 e. The fourth-order valence-electron chi connectivity index (χ4n) is 4.09. The Hall–Kier alpha value is -1.74. The molecule has 6 nitrogen and oxygen atoms in total. The van der Waals surface area contributed by atoms with Crippen molar-refractivity contribution in [3.8, 4) is 0 Å². The van der Waals surface area contributed by atoms with Gasteiger partial charge in [-0.1, -0.05) is 28.1 Å². The Bertz CT molecular complexity index is 826. The summed E-state index contributed by atoms with van der Waals surface area (Å²) >= 11 is 3.30. The van der Waals surface area contributed by atoms with Crippen LogP contribution < -0.4 is 0 Å². The van der Waals surface area contributed by atoms with Gasteiger partial charge in [0.25, 0.3) is 0 Å². The van der Waals surface area contributed by atoms with Gasteiger partial charge in [0.1, 0.15) is 11.7 Å². The Morgan fingerprint density at radius 3 is 2.39 bits per heavy atom. The van der Waals surface area contributed by atoms with Crippen molar-refractivity contribution >= 4 is 28.0 Å². The summed E-state index contributed by atoms with van der Waals surface area (Å²) in [5.41, 5.74) is -2.63. The molecule has 1 aromatic rings. The van der Waals surface area contributed by atoms with Crippen LogP contribution >= 0.6 is 15.9 Å². The van der Waals surface area contributed by atoms with Crippen molar-refractivity contribution in [1.29, 1.82) is 0 Å². The maximum absolute atomic E-state index is 13.9. The number of carbonyl (C=O) groups excluding carboxylic acids is 2. The number of likely N-dealkylation sites (tertiary alicyclic amines) is 1. The second kappa shape index (κ2) is 8.65. The lowest BCUT2D eigenvalue weighted by Gasteiger charge is -2.33. The van der Waals surface area contributed by atoms with E-state index in [0.29, 0.717) is 13.0 Å². The summed E-state index contributed by atoms with van der Waals surface area (Å²) in [5.74, 6) is -4.87. The first-order valence-electron chi connectivity index (χ1n) is 10.4. The molecule has 0 aromatic heterocycles. The summed E-state index contributed by atoms with van der Waals surface area (Å²) in [5, 5.41) is 11.4. The van der Waals surface area contributed by atoms with Gasteiger partial charge in [-0.15, -0.1) is 0 Å². The normalized spacial score (nSPS) is 25.2. The highest BCUT2D eigenvalue weighted by molar-refractivity contribution is 9.10. The fourth-order valence-corrected chi connectivity index (χ4v) is 4.35. The van der Waals surface area contributed by atoms with Crippen LogP contribution in [0, 0.1) is 5.92 Å². The van der Waals surface area contributed by atoms with Crippen LogP contribution in [0.2, 0.25) is 0 Å². The Morgan fingerprint density at radius 1 is 1.19 bits per heavy atom. The van der Waals surface area contributed by atoms with Gasteiger partial charge >= 0.3 is 12.1 Å². The van der Waals surface area contributed by atoms with E-state index in [9.17, 15) is 23.5 Å². The third-order valence-corrected chi connectivity index (χ3v) is 6.19. The molecule has 1 aliphatic heterocycles. The number of halogens is 3. The Morgan fingerprint density at radius 2 is 1.84 bits per heavy atom. The zero-order valence-electron chi connectivity index (χ0n) is 17.9. The average Bonchev–Trinajstić information content (AvgIpc) is 3.26. The first-order valence-corrected chi connectivity index (χ1v) is 11.1. The monoisotopic (exact) mass is 503 g/mol. The van der Waals surface area contributed by atoms with Crippen LogP contribution in [0.3, 0.4) is 0 Å². The minimum atomic E-state index is -2.94. The summed E-state index contributed by atoms with van der Waals surface area (Å²) in [6.07, 6.45) is -1.76. The Balaban J connectivity index is 1.75. The lowest BCUT2D eigenvalue weighted by Crippen LogP contribution is -2.45. The van der Waals surface area contributed by atoms with E-state index in [1.54, 1.807) is 32.9 Å². The molecule has 1 N–H and O–H groups in total. The van der Waals surface area contributed by atoms with E-state index in [-0.39, 0.29) is 24.9 Å². The van der Waals surface area contributed by atoms with Gasteiger partial charge in [-0.05, 0) is 44.9 Å². The van der Waals surface area contributed by atoms with Crippen molar-refractivity contribution in [2.45, 2.75) is 69.7 Å². The molecule has 3 atom stereocenters. The third-order valence-electron chi connectivity index (χ3n) is 5.66. The largest absolute Gasteiger partial charge is 0.458 e. The van der Waals surface area contributed by atoms with Crippen molar-refractivity contribution in [2.24, 2.45) is 5.92 Å². The maximum atomic E-state index is 13.9. The smallest absolute Gasteiger partial charge is 0.410 e. The summed E-state index contributed by atoms with van der Waals surface area (Å²) in [7, 11) is 0. The van der Waals surface area contributed by atoms with E-state index in [0.717, 1.165) is 4.47 Å². The molecule has 31 heavy (non-hydrogen) atoms. The summed E-state index contributed by atoms with van der Waals surface area (Å²) in [4.78, 5) is 26.8. The number of hydrogen-bond donors (Lipinski definition) is 1. The molecule has 2 fully saturated rings. The standard InChI is InChI=1S/C22H28BrF2NO5/c1-20(2,3)31-19(28)26-11-9-17(13-26)30-18(27)22(29,14-4-6-16(23)7-5-14)15-8-10-21(24,25)12-15/h4-7,15,17,29H,8-13H2,1-3H3/t15-,17-,22+/m1/s1. The van der Waals surface area contributed by atoms with Crippen molar-refractivity contribution in [3.63, 3.8) is 0 Å². The zero-order chi connectivity index (χ0) is 23.0. The zero-order valence-corrected chi connectivity index (χ0v) is 19.5. The molecule has 2 aliphatic rings. The predicted molar refractivity (Wildman–Crippen MR) is 113 cm³/mol. The Labute approximate surface area is 189 Å². The van der Waals surface area contributed by atoms with Crippen molar-refractivity contribution in [2.75, 3.05) is 13.1 Å². The van der Waals surface area contributed by atoms with Gasteiger partial charge < -0.3 is 19.5 Å². The van der Waals surface area contributed by atoms with Gasteiger partial charge in [0.2, 0.25) is 5.92 Å². The molecule has 1 aliphatic carbocycles. The highest BCUT2D eigenvalue weighted by Gasteiger charge is 2.55. The summed E-state index contributed by atoms with van der Waals surface area (Å²) < 4.78 is 39.5. The minimum absolute atomic E-state index is 0.00334. The number of hydrogen-bond acceptors (Lipinski definition) is 5. The molecular formula is C22H28BrF2NO5. The number of benzene rings is 1. The molecule has 0 unspecified atom stereocenters. The van der Waals surface area contributed by atoms with Gasteiger partial charge in [-0.2, -0.15) is 0 Å². The number of rotatable bonds is 4. The summed E-state index contributed by atoms with van der Waals surface area (Å²) in [6, 6.07) is 6.34. The molecule has 172 valence electrons. The average molecular weight is 504 g/mol. The second-order valence-corrected chi connectivity index (χ2v) is 10.2. The molecule has 1 heterocycles. The minimum Gasteiger partial charge on any atom is -0.458 e. The predicted octanol–water partition coefficient (Wildman–Crippen LogP) is 4.62. The van der Waals surface area contributed by atoms with Crippen LogP contribution in [-0.2, 0) is 19.9 Å². The first kappa shape index (κ1) is 23.9. The number of ether oxygens (including phenoxy) is 2. The van der Waals surface area contributed by atoms with E-state index in [1.165, 1.54) is 17.0 Å². The molecule has 0 bridgehead atoms. The molecule has 1 aromatic carbocycles. The van der Waals surface area contributed by atoms with E-state index in [2.05, 4.69) is 15.9 Å². The molecule has 0 spiro atoms.